The SMILES string of the molecule is CC1(C)c2cc3c(cc2-n2c1cc1ccccc12)c1cc(-c2ccccc2)ccc1n3-c1nc(-c2ccccc2)cc(-c2ccccc2)n1. The fourth-order valence-electron chi connectivity index (χ4n) is 7.83. The monoisotopic (exact) mass is 628 g/mol. The Balaban J connectivity index is 1.31. The minimum Gasteiger partial charge on any atom is -0.312 e. The number of para-hydroxylation sites is 1. The number of fused-ring (bicyclic) bond motifs is 8. The van der Waals surface area contributed by atoms with Crippen molar-refractivity contribution in [2.45, 2.75) is 19.3 Å². The van der Waals surface area contributed by atoms with Crippen molar-refractivity contribution >= 4 is 32.7 Å². The molecule has 9 aromatic rings. The lowest BCUT2D eigenvalue weighted by molar-refractivity contribution is 0.645. The van der Waals surface area contributed by atoms with Crippen LogP contribution in [0, 0.1) is 0 Å². The first-order valence-corrected chi connectivity index (χ1v) is 16.8. The largest absolute Gasteiger partial charge is 0.312 e. The Bertz CT molecular complexity index is 2660. The molecule has 0 N–H and O–H groups in total. The maximum absolute atomic E-state index is 5.30. The van der Waals surface area contributed by atoms with Crippen LogP contribution in [-0.2, 0) is 5.41 Å². The molecule has 0 saturated heterocycles. The molecule has 0 aliphatic carbocycles. The van der Waals surface area contributed by atoms with E-state index < -0.39 is 0 Å². The van der Waals surface area contributed by atoms with Gasteiger partial charge in [-0.3, -0.25) is 4.57 Å². The van der Waals surface area contributed by atoms with Crippen molar-refractivity contribution in [1.82, 2.24) is 19.1 Å². The van der Waals surface area contributed by atoms with E-state index in [-0.39, 0.29) is 5.41 Å². The van der Waals surface area contributed by atoms with Gasteiger partial charge in [0.1, 0.15) is 0 Å². The van der Waals surface area contributed by atoms with Gasteiger partial charge in [-0.25, -0.2) is 9.97 Å². The molecule has 49 heavy (non-hydrogen) atoms. The van der Waals surface area contributed by atoms with Gasteiger partial charge < -0.3 is 4.57 Å². The second kappa shape index (κ2) is 10.4. The minimum absolute atomic E-state index is 0.193. The van der Waals surface area contributed by atoms with Gasteiger partial charge in [0.2, 0.25) is 5.95 Å². The first kappa shape index (κ1) is 27.8. The fraction of sp³-hybridized carbons (Fsp3) is 0.0667. The first-order chi connectivity index (χ1) is 24.0. The average Bonchev–Trinajstić information content (AvgIpc) is 3.77. The highest BCUT2D eigenvalue weighted by Crippen LogP contribution is 2.49. The molecule has 1 aliphatic heterocycles. The Kier molecular flexibility index (Phi) is 5.89. The number of rotatable bonds is 4. The number of hydrogen-bond donors (Lipinski definition) is 0. The normalized spacial score (nSPS) is 13.3. The maximum Gasteiger partial charge on any atom is 0.235 e. The molecule has 0 saturated carbocycles. The van der Waals surface area contributed by atoms with Crippen LogP contribution in [0.5, 0.6) is 0 Å². The predicted molar refractivity (Wildman–Crippen MR) is 202 cm³/mol. The van der Waals surface area contributed by atoms with E-state index in [2.05, 4.69) is 169 Å². The van der Waals surface area contributed by atoms with E-state index in [4.69, 9.17) is 9.97 Å². The van der Waals surface area contributed by atoms with Gasteiger partial charge in [-0.1, -0.05) is 129 Å². The summed E-state index contributed by atoms with van der Waals surface area (Å²) in [6.07, 6.45) is 0. The zero-order valence-electron chi connectivity index (χ0n) is 27.3. The van der Waals surface area contributed by atoms with Crippen LogP contribution in [0.4, 0.5) is 0 Å². The number of nitrogens with zero attached hydrogens (tertiary/aromatic N) is 4. The quantitative estimate of drug-likeness (QED) is 0.194. The summed E-state index contributed by atoms with van der Waals surface area (Å²) in [5.74, 6) is 0.661. The van der Waals surface area contributed by atoms with Gasteiger partial charge in [-0.15, -0.1) is 0 Å². The van der Waals surface area contributed by atoms with Crippen molar-refractivity contribution in [2.24, 2.45) is 0 Å². The molecule has 0 amide bonds. The summed E-state index contributed by atoms with van der Waals surface area (Å²) < 4.78 is 4.74. The van der Waals surface area contributed by atoms with Gasteiger partial charge in [0.15, 0.2) is 0 Å². The number of benzene rings is 6. The summed E-state index contributed by atoms with van der Waals surface area (Å²) >= 11 is 0. The zero-order valence-corrected chi connectivity index (χ0v) is 27.3. The van der Waals surface area contributed by atoms with Gasteiger partial charge in [-0.2, -0.15) is 0 Å². The summed E-state index contributed by atoms with van der Waals surface area (Å²) in [4.78, 5) is 10.6. The van der Waals surface area contributed by atoms with E-state index in [1.807, 2.05) is 12.1 Å². The van der Waals surface area contributed by atoms with Crippen LogP contribution in [0.3, 0.4) is 0 Å². The lowest BCUT2D eigenvalue weighted by Gasteiger charge is -2.19. The highest BCUT2D eigenvalue weighted by atomic mass is 15.2. The van der Waals surface area contributed by atoms with E-state index in [1.165, 1.54) is 49.7 Å². The van der Waals surface area contributed by atoms with Crippen molar-refractivity contribution in [1.29, 1.82) is 0 Å². The second-order valence-corrected chi connectivity index (χ2v) is 13.5. The minimum atomic E-state index is -0.193. The summed E-state index contributed by atoms with van der Waals surface area (Å²) in [6, 6.07) is 56.2. The first-order valence-electron chi connectivity index (χ1n) is 16.8. The highest BCUT2D eigenvalue weighted by Gasteiger charge is 2.38. The van der Waals surface area contributed by atoms with E-state index in [9.17, 15) is 0 Å². The van der Waals surface area contributed by atoms with Crippen LogP contribution in [0.2, 0.25) is 0 Å². The molecule has 6 aromatic carbocycles. The third-order valence-electron chi connectivity index (χ3n) is 10.3. The van der Waals surface area contributed by atoms with Crippen LogP contribution in [-0.4, -0.2) is 19.1 Å². The van der Waals surface area contributed by atoms with E-state index in [1.54, 1.807) is 0 Å². The van der Waals surface area contributed by atoms with Gasteiger partial charge in [0.25, 0.3) is 0 Å². The van der Waals surface area contributed by atoms with Gasteiger partial charge in [0.05, 0.1) is 33.6 Å². The Morgan fingerprint density at radius 2 is 1.04 bits per heavy atom. The van der Waals surface area contributed by atoms with Gasteiger partial charge in [-0.05, 0) is 59.2 Å². The van der Waals surface area contributed by atoms with Crippen LogP contribution in [0.15, 0.2) is 158 Å². The molecule has 0 radical (unpaired) electrons. The van der Waals surface area contributed by atoms with Crippen molar-refractivity contribution in [2.75, 3.05) is 0 Å². The smallest absolute Gasteiger partial charge is 0.235 e. The number of aromatic nitrogens is 4. The molecule has 1 aliphatic rings. The van der Waals surface area contributed by atoms with Crippen LogP contribution < -0.4 is 0 Å². The lowest BCUT2D eigenvalue weighted by Crippen LogP contribution is -2.15. The summed E-state index contributed by atoms with van der Waals surface area (Å²) in [7, 11) is 0. The third kappa shape index (κ3) is 4.17. The van der Waals surface area contributed by atoms with E-state index in [0.29, 0.717) is 5.95 Å². The van der Waals surface area contributed by atoms with E-state index in [0.717, 1.165) is 33.5 Å². The molecule has 0 spiro atoms. The van der Waals surface area contributed by atoms with Crippen LogP contribution in [0.1, 0.15) is 25.1 Å². The standard InChI is InChI=1S/C45H32N4/c1-45(2)36-27-41-35(26-42(36)48-39-21-13-12-20-33(39)25-43(45)48)34-24-32(29-14-6-3-7-15-29)22-23-40(34)49(41)44-46-37(30-16-8-4-9-17-30)28-38(47-44)31-18-10-5-11-19-31/h3-28H,1-2H3. The zero-order chi connectivity index (χ0) is 32.7. The van der Waals surface area contributed by atoms with Crippen molar-refractivity contribution in [3.8, 4) is 45.3 Å². The van der Waals surface area contributed by atoms with E-state index >= 15 is 0 Å². The molecular weight excluding hydrogens is 597 g/mol. The highest BCUT2D eigenvalue weighted by molar-refractivity contribution is 6.11. The molecule has 0 bridgehead atoms. The Morgan fingerprint density at radius 3 is 1.71 bits per heavy atom. The van der Waals surface area contributed by atoms with Gasteiger partial charge in [0, 0.05) is 38.4 Å². The fourth-order valence-corrected chi connectivity index (χ4v) is 7.83. The van der Waals surface area contributed by atoms with Crippen molar-refractivity contribution in [3.05, 3.63) is 169 Å². The van der Waals surface area contributed by atoms with Crippen molar-refractivity contribution < 1.29 is 0 Å². The molecule has 10 rings (SSSR count). The Morgan fingerprint density at radius 1 is 0.449 bits per heavy atom. The molecule has 4 heteroatoms. The van der Waals surface area contributed by atoms with Crippen molar-refractivity contribution in [3.63, 3.8) is 0 Å². The second-order valence-electron chi connectivity index (χ2n) is 13.5. The number of hydrogen-bond acceptors (Lipinski definition) is 2. The third-order valence-corrected chi connectivity index (χ3v) is 10.3. The molecule has 0 fully saturated rings. The predicted octanol–water partition coefficient (Wildman–Crippen LogP) is 11.2. The summed E-state index contributed by atoms with van der Waals surface area (Å²) in [6.45, 7) is 4.69. The molecule has 4 heterocycles. The topological polar surface area (TPSA) is 35.6 Å². The summed E-state index contributed by atoms with van der Waals surface area (Å²) in [5.41, 5.74) is 13.4. The van der Waals surface area contributed by atoms with Crippen LogP contribution >= 0.6 is 0 Å². The summed E-state index contributed by atoms with van der Waals surface area (Å²) in [5, 5.41) is 3.63. The molecule has 232 valence electrons. The Labute approximate surface area is 284 Å². The average molecular weight is 629 g/mol. The molecule has 4 nitrogen and oxygen atoms in total. The van der Waals surface area contributed by atoms with Crippen LogP contribution in [0.25, 0.3) is 78.0 Å². The molecule has 0 atom stereocenters. The van der Waals surface area contributed by atoms with Gasteiger partial charge >= 0.3 is 0 Å². The molecule has 0 unspecified atom stereocenters. The maximum atomic E-state index is 5.30. The molecule has 3 aromatic heterocycles. The Hall–Kier alpha value is -6.26. The lowest BCUT2D eigenvalue weighted by atomic mass is 9.83. The molecular formula is C45H32N4.